The summed E-state index contributed by atoms with van der Waals surface area (Å²) in [5.74, 6) is 0. The fraction of sp³-hybridized carbons (Fsp3) is 0.0714. The van der Waals surface area contributed by atoms with E-state index in [4.69, 9.17) is 9.98 Å². The van der Waals surface area contributed by atoms with Gasteiger partial charge in [-0.05, 0) is 48.9 Å². The van der Waals surface area contributed by atoms with E-state index < -0.39 is 0 Å². The van der Waals surface area contributed by atoms with Crippen molar-refractivity contribution in [1.29, 1.82) is 0 Å². The Morgan fingerprint density at radius 2 is 0.935 bits per heavy atom. The minimum atomic E-state index is 1.01. The maximum absolute atomic E-state index is 4.94. The normalized spacial score (nSPS) is 12.6. The maximum Gasteiger partial charge on any atom is 0.0711 e. The van der Waals surface area contributed by atoms with Crippen molar-refractivity contribution in [2.24, 2.45) is 9.98 Å². The zero-order valence-corrected chi connectivity index (χ0v) is 18.4. The second-order valence-corrected chi connectivity index (χ2v) is 8.64. The molecule has 0 radical (unpaired) electrons. The largest absolute Gasteiger partial charge is 0.252 e. The van der Waals surface area contributed by atoms with E-state index in [0.717, 1.165) is 32.6 Å². The van der Waals surface area contributed by atoms with Crippen LogP contribution in [-0.4, -0.2) is 11.4 Å². The van der Waals surface area contributed by atoms with Gasteiger partial charge in [-0.2, -0.15) is 0 Å². The van der Waals surface area contributed by atoms with Crippen LogP contribution >= 0.6 is 11.3 Å². The van der Waals surface area contributed by atoms with Gasteiger partial charge in [0, 0.05) is 20.5 Å². The molecule has 0 aliphatic heterocycles. The van der Waals surface area contributed by atoms with Crippen molar-refractivity contribution in [3.8, 4) is 0 Å². The summed E-state index contributed by atoms with van der Waals surface area (Å²) in [5, 5.41) is 4.77. The van der Waals surface area contributed by atoms with E-state index in [9.17, 15) is 0 Å². The summed E-state index contributed by atoms with van der Waals surface area (Å²) in [4.78, 5) is 12.2. The van der Waals surface area contributed by atoms with Crippen molar-refractivity contribution < 1.29 is 0 Å². The summed E-state index contributed by atoms with van der Waals surface area (Å²) in [6.45, 7) is 4.16. The van der Waals surface area contributed by atoms with E-state index in [1.807, 2.05) is 0 Å². The third-order valence-corrected chi connectivity index (χ3v) is 6.73. The summed E-state index contributed by atoms with van der Waals surface area (Å²) in [6, 6.07) is 33.6. The van der Waals surface area contributed by atoms with Crippen LogP contribution in [0, 0.1) is 0 Å². The number of benzene rings is 4. The van der Waals surface area contributed by atoms with Gasteiger partial charge in [0.2, 0.25) is 0 Å². The van der Waals surface area contributed by atoms with Crippen LogP contribution in [0.15, 0.2) is 107 Å². The predicted molar refractivity (Wildman–Crippen MR) is 136 cm³/mol. The molecule has 0 aliphatic rings. The molecule has 0 aliphatic carbocycles. The van der Waals surface area contributed by atoms with Gasteiger partial charge < -0.3 is 0 Å². The molecule has 5 rings (SSSR count). The number of aliphatic imine (C=N–C) groups is 2. The highest BCUT2D eigenvalue weighted by Gasteiger charge is 2.08. The quantitative estimate of drug-likeness (QED) is 0.262. The Labute approximate surface area is 186 Å². The van der Waals surface area contributed by atoms with E-state index in [2.05, 4.69) is 111 Å². The molecule has 0 amide bonds. The lowest BCUT2D eigenvalue weighted by atomic mass is 10.1. The molecular weight excluding hydrogens is 396 g/mol. The molecule has 0 spiro atoms. The molecule has 0 unspecified atom stereocenters. The molecule has 0 saturated carbocycles. The van der Waals surface area contributed by atoms with Crippen LogP contribution in [0.3, 0.4) is 0 Å². The molecule has 0 fully saturated rings. The monoisotopic (exact) mass is 418 g/mol. The van der Waals surface area contributed by atoms with E-state index in [1.54, 1.807) is 11.3 Å². The van der Waals surface area contributed by atoms with Crippen molar-refractivity contribution in [1.82, 2.24) is 0 Å². The molecule has 1 aromatic heterocycles. The second-order valence-electron chi connectivity index (χ2n) is 7.55. The SMILES string of the molecule is CC(=Nc1cccc2ccccc12)c1ccc(C(C)=Nc2cccc3ccccc23)s1. The molecule has 5 aromatic rings. The van der Waals surface area contributed by atoms with Crippen molar-refractivity contribution >= 4 is 55.7 Å². The van der Waals surface area contributed by atoms with Gasteiger partial charge in [-0.3, -0.25) is 9.98 Å². The molecule has 2 nitrogen and oxygen atoms in total. The van der Waals surface area contributed by atoms with Gasteiger partial charge in [0.25, 0.3) is 0 Å². The van der Waals surface area contributed by atoms with Gasteiger partial charge in [-0.1, -0.05) is 72.8 Å². The fourth-order valence-corrected chi connectivity index (χ4v) is 4.71. The van der Waals surface area contributed by atoms with Gasteiger partial charge >= 0.3 is 0 Å². The van der Waals surface area contributed by atoms with Crippen LogP contribution in [-0.2, 0) is 0 Å². The van der Waals surface area contributed by atoms with E-state index in [-0.39, 0.29) is 0 Å². The van der Waals surface area contributed by atoms with Gasteiger partial charge in [0.15, 0.2) is 0 Å². The highest BCUT2D eigenvalue weighted by molar-refractivity contribution is 7.16. The number of nitrogens with zero attached hydrogens (tertiary/aromatic N) is 2. The molecule has 31 heavy (non-hydrogen) atoms. The topological polar surface area (TPSA) is 24.7 Å². The van der Waals surface area contributed by atoms with Crippen LogP contribution in [0.2, 0.25) is 0 Å². The maximum atomic E-state index is 4.94. The first-order valence-corrected chi connectivity index (χ1v) is 11.2. The van der Waals surface area contributed by atoms with E-state index in [0.29, 0.717) is 0 Å². The molecule has 1 heterocycles. The Hall–Kier alpha value is -3.56. The number of thiophene rings is 1. The molecule has 0 N–H and O–H groups in total. The van der Waals surface area contributed by atoms with Crippen molar-refractivity contribution in [3.05, 3.63) is 107 Å². The molecule has 0 bridgehead atoms. The van der Waals surface area contributed by atoms with Gasteiger partial charge in [-0.25, -0.2) is 0 Å². The highest BCUT2D eigenvalue weighted by atomic mass is 32.1. The fourth-order valence-electron chi connectivity index (χ4n) is 3.81. The predicted octanol–water partition coefficient (Wildman–Crippen LogP) is 8.34. The Bertz CT molecular complexity index is 1340. The smallest absolute Gasteiger partial charge is 0.0711 e. The van der Waals surface area contributed by atoms with E-state index in [1.165, 1.54) is 21.5 Å². The molecule has 0 atom stereocenters. The lowest BCUT2D eigenvalue weighted by molar-refractivity contribution is 1.53. The molecular formula is C28H22N2S. The zero-order chi connectivity index (χ0) is 21.2. The van der Waals surface area contributed by atoms with Crippen LogP contribution < -0.4 is 0 Å². The van der Waals surface area contributed by atoms with Crippen molar-refractivity contribution in [2.75, 3.05) is 0 Å². The summed E-state index contributed by atoms with van der Waals surface area (Å²) < 4.78 is 0. The number of hydrogen-bond acceptors (Lipinski definition) is 3. The molecule has 150 valence electrons. The molecule has 3 heteroatoms. The lowest BCUT2D eigenvalue weighted by Crippen LogP contribution is -1.91. The molecule has 4 aromatic carbocycles. The average Bonchev–Trinajstić information content (AvgIpc) is 3.30. The number of rotatable bonds is 4. The van der Waals surface area contributed by atoms with Gasteiger partial charge in [-0.15, -0.1) is 11.3 Å². The minimum absolute atomic E-state index is 1.01. The van der Waals surface area contributed by atoms with Gasteiger partial charge in [0.1, 0.15) is 0 Å². The molecule has 0 saturated heterocycles. The first-order chi connectivity index (χ1) is 15.2. The van der Waals surface area contributed by atoms with E-state index >= 15 is 0 Å². The summed E-state index contributed by atoms with van der Waals surface area (Å²) in [5.41, 5.74) is 4.05. The Kier molecular flexibility index (Phi) is 5.19. The standard InChI is InChI=1S/C28H22N2S/c1-19(29-25-15-7-11-21-9-3-5-13-23(21)25)27-17-18-28(31-27)20(2)30-26-16-8-12-22-10-4-6-14-24(22)26/h3-18H,1-2H3. The lowest BCUT2D eigenvalue weighted by Gasteiger charge is -2.04. The summed E-state index contributed by atoms with van der Waals surface area (Å²) >= 11 is 1.74. The zero-order valence-electron chi connectivity index (χ0n) is 17.5. The Balaban J connectivity index is 1.48. The van der Waals surface area contributed by atoms with Crippen LogP contribution in [0.25, 0.3) is 21.5 Å². The van der Waals surface area contributed by atoms with Crippen molar-refractivity contribution in [3.63, 3.8) is 0 Å². The third-order valence-electron chi connectivity index (χ3n) is 5.43. The summed E-state index contributed by atoms with van der Waals surface area (Å²) in [7, 11) is 0. The van der Waals surface area contributed by atoms with Crippen LogP contribution in [0.1, 0.15) is 23.6 Å². The number of hydrogen-bond donors (Lipinski definition) is 0. The van der Waals surface area contributed by atoms with Gasteiger partial charge in [0.05, 0.1) is 22.8 Å². The van der Waals surface area contributed by atoms with Crippen molar-refractivity contribution in [2.45, 2.75) is 13.8 Å². The first-order valence-electron chi connectivity index (χ1n) is 10.4. The third kappa shape index (κ3) is 3.92. The highest BCUT2D eigenvalue weighted by Crippen LogP contribution is 2.29. The Morgan fingerprint density at radius 1 is 0.516 bits per heavy atom. The average molecular weight is 419 g/mol. The summed E-state index contributed by atoms with van der Waals surface area (Å²) in [6.07, 6.45) is 0. The first kappa shape index (κ1) is 19.4. The Morgan fingerprint density at radius 3 is 1.42 bits per heavy atom. The van der Waals surface area contributed by atoms with Crippen LogP contribution in [0.5, 0.6) is 0 Å². The minimum Gasteiger partial charge on any atom is -0.252 e. The second kappa shape index (κ2) is 8.29. The van der Waals surface area contributed by atoms with Crippen LogP contribution in [0.4, 0.5) is 11.4 Å². The number of fused-ring (bicyclic) bond motifs is 2.